The number of hydrogen-bond acceptors (Lipinski definition) is 4. The van der Waals surface area contributed by atoms with E-state index in [4.69, 9.17) is 5.26 Å². The minimum absolute atomic E-state index is 0.106. The summed E-state index contributed by atoms with van der Waals surface area (Å²) >= 11 is 1.38. The van der Waals surface area contributed by atoms with Crippen LogP contribution in [0.2, 0.25) is 0 Å². The zero-order chi connectivity index (χ0) is 17.9. The largest absolute Gasteiger partial charge is 0.511 e. The summed E-state index contributed by atoms with van der Waals surface area (Å²) < 4.78 is 0. The number of nitriles is 1. The van der Waals surface area contributed by atoms with Crippen molar-refractivity contribution in [3.05, 3.63) is 52.6 Å². The van der Waals surface area contributed by atoms with Gasteiger partial charge in [-0.1, -0.05) is 45.0 Å². The molecule has 0 bridgehead atoms. The quantitative estimate of drug-likeness (QED) is 0.469. The van der Waals surface area contributed by atoms with E-state index in [1.54, 1.807) is 6.07 Å². The fraction of sp³-hybridized carbons (Fsp3) is 0.263. The maximum absolute atomic E-state index is 11.9. The van der Waals surface area contributed by atoms with Gasteiger partial charge in [-0.05, 0) is 35.1 Å². The van der Waals surface area contributed by atoms with E-state index < -0.39 is 5.91 Å². The molecule has 5 heteroatoms. The Labute approximate surface area is 146 Å². The standard InChI is InChI=1S/C19H20N2O2S/c1-12(22)16(10-20)18(23)21-17-9-14(11-24-17)13-5-7-15(8-6-13)19(2,3)4/h5-9,11,22H,1-4H3,(H,21,23). The van der Waals surface area contributed by atoms with Crippen molar-refractivity contribution in [2.45, 2.75) is 33.1 Å². The number of benzene rings is 1. The average Bonchev–Trinajstić information content (AvgIpc) is 2.95. The first-order chi connectivity index (χ1) is 11.2. The van der Waals surface area contributed by atoms with Crippen LogP contribution < -0.4 is 5.32 Å². The van der Waals surface area contributed by atoms with E-state index in [0.29, 0.717) is 5.00 Å². The Balaban J connectivity index is 2.18. The molecule has 1 heterocycles. The van der Waals surface area contributed by atoms with Gasteiger partial charge >= 0.3 is 0 Å². The van der Waals surface area contributed by atoms with E-state index in [2.05, 4.69) is 50.4 Å². The molecule has 0 aliphatic heterocycles. The van der Waals surface area contributed by atoms with Crippen LogP contribution in [0.15, 0.2) is 47.0 Å². The minimum Gasteiger partial charge on any atom is -0.511 e. The lowest BCUT2D eigenvalue weighted by atomic mass is 9.86. The highest BCUT2D eigenvalue weighted by Crippen LogP contribution is 2.31. The summed E-state index contributed by atoms with van der Waals surface area (Å²) in [4.78, 5) is 11.9. The maximum atomic E-state index is 11.9. The van der Waals surface area contributed by atoms with Gasteiger partial charge in [0.2, 0.25) is 0 Å². The van der Waals surface area contributed by atoms with Crippen LogP contribution in [0.1, 0.15) is 33.3 Å². The summed E-state index contributed by atoms with van der Waals surface area (Å²) in [5, 5.41) is 23.4. The first-order valence-corrected chi connectivity index (χ1v) is 8.41. The number of nitrogens with zero attached hydrogens (tertiary/aromatic N) is 1. The van der Waals surface area contributed by atoms with Crippen LogP contribution in [0.5, 0.6) is 0 Å². The van der Waals surface area contributed by atoms with Gasteiger partial charge in [-0.2, -0.15) is 5.26 Å². The fourth-order valence-corrected chi connectivity index (χ4v) is 2.99. The number of aliphatic hydroxyl groups excluding tert-OH is 1. The fourth-order valence-electron chi connectivity index (χ4n) is 2.19. The number of carbonyl (C=O) groups excluding carboxylic acids is 1. The van der Waals surface area contributed by atoms with Crippen molar-refractivity contribution in [3.8, 4) is 17.2 Å². The van der Waals surface area contributed by atoms with E-state index in [1.807, 2.05) is 11.4 Å². The van der Waals surface area contributed by atoms with Crippen LogP contribution in [-0.4, -0.2) is 11.0 Å². The van der Waals surface area contributed by atoms with E-state index in [0.717, 1.165) is 11.1 Å². The highest BCUT2D eigenvalue weighted by Gasteiger charge is 2.15. The van der Waals surface area contributed by atoms with Crippen molar-refractivity contribution in [2.75, 3.05) is 5.32 Å². The van der Waals surface area contributed by atoms with Crippen LogP contribution in [0, 0.1) is 11.3 Å². The molecule has 2 N–H and O–H groups in total. The molecule has 1 aromatic heterocycles. The third-order valence-corrected chi connectivity index (χ3v) is 4.47. The van der Waals surface area contributed by atoms with E-state index in [9.17, 15) is 9.90 Å². The van der Waals surface area contributed by atoms with E-state index >= 15 is 0 Å². The Bertz CT molecular complexity index is 814. The smallest absolute Gasteiger partial charge is 0.270 e. The second-order valence-electron chi connectivity index (χ2n) is 6.55. The van der Waals surface area contributed by atoms with Gasteiger partial charge in [-0.3, -0.25) is 4.79 Å². The summed E-state index contributed by atoms with van der Waals surface area (Å²) in [6, 6.07) is 11.9. The third-order valence-electron chi connectivity index (χ3n) is 3.62. The van der Waals surface area contributed by atoms with E-state index in [-0.39, 0.29) is 16.7 Å². The van der Waals surface area contributed by atoms with Crippen molar-refractivity contribution >= 4 is 22.2 Å². The summed E-state index contributed by atoms with van der Waals surface area (Å²) in [5.74, 6) is -0.890. The molecule has 4 nitrogen and oxygen atoms in total. The molecule has 0 saturated carbocycles. The zero-order valence-corrected chi connectivity index (χ0v) is 15.0. The molecule has 0 saturated heterocycles. The molecule has 1 amide bonds. The Morgan fingerprint density at radius 2 is 1.83 bits per heavy atom. The minimum atomic E-state index is -0.603. The van der Waals surface area contributed by atoms with Gasteiger partial charge in [0.1, 0.15) is 11.8 Å². The summed E-state index contributed by atoms with van der Waals surface area (Å²) in [6.07, 6.45) is 0. The topological polar surface area (TPSA) is 73.1 Å². The molecular formula is C19H20N2O2S. The number of thiophene rings is 1. The van der Waals surface area contributed by atoms with Crippen molar-refractivity contribution < 1.29 is 9.90 Å². The van der Waals surface area contributed by atoms with E-state index in [1.165, 1.54) is 23.8 Å². The highest BCUT2D eigenvalue weighted by molar-refractivity contribution is 7.14. The third kappa shape index (κ3) is 4.03. The van der Waals surface area contributed by atoms with Gasteiger partial charge in [-0.15, -0.1) is 11.3 Å². The first kappa shape index (κ1) is 17.8. The predicted octanol–water partition coefficient (Wildman–Crippen LogP) is 5.01. The predicted molar refractivity (Wildman–Crippen MR) is 98.0 cm³/mol. The monoisotopic (exact) mass is 340 g/mol. The van der Waals surface area contributed by atoms with Crippen molar-refractivity contribution in [2.24, 2.45) is 0 Å². The lowest BCUT2D eigenvalue weighted by Gasteiger charge is -2.19. The van der Waals surface area contributed by atoms with Crippen molar-refractivity contribution in [3.63, 3.8) is 0 Å². The molecule has 0 aliphatic carbocycles. The molecule has 124 valence electrons. The van der Waals surface area contributed by atoms with Gasteiger partial charge in [0.05, 0.1) is 5.00 Å². The number of aliphatic hydroxyl groups is 1. The molecule has 0 radical (unpaired) electrons. The van der Waals surface area contributed by atoms with Crippen LogP contribution in [-0.2, 0) is 10.2 Å². The maximum Gasteiger partial charge on any atom is 0.270 e. The summed E-state index contributed by atoms with van der Waals surface area (Å²) in [5.41, 5.74) is 3.15. The normalized spacial score (nSPS) is 12.3. The first-order valence-electron chi connectivity index (χ1n) is 7.53. The number of allylic oxidation sites excluding steroid dienone is 1. The molecule has 0 unspecified atom stereocenters. The molecule has 2 aromatic rings. The number of amides is 1. The van der Waals surface area contributed by atoms with Crippen LogP contribution in [0.3, 0.4) is 0 Å². The molecule has 0 fully saturated rings. The Kier molecular flexibility index (Phi) is 5.10. The highest BCUT2D eigenvalue weighted by atomic mass is 32.1. The SMILES string of the molecule is CC(O)=C(C#N)C(=O)Nc1cc(-c2ccc(C(C)(C)C)cc2)cs1. The van der Waals surface area contributed by atoms with Crippen molar-refractivity contribution in [1.82, 2.24) is 0 Å². The average molecular weight is 340 g/mol. The molecule has 0 aliphatic rings. The molecule has 2 rings (SSSR count). The Hall–Kier alpha value is -2.58. The second-order valence-corrected chi connectivity index (χ2v) is 7.46. The zero-order valence-electron chi connectivity index (χ0n) is 14.2. The van der Waals surface area contributed by atoms with Gasteiger partial charge in [0.15, 0.2) is 5.57 Å². The number of nitrogens with one attached hydrogen (secondary N) is 1. The molecule has 0 spiro atoms. The summed E-state index contributed by atoms with van der Waals surface area (Å²) in [6.45, 7) is 7.83. The van der Waals surface area contributed by atoms with Crippen LogP contribution in [0.25, 0.3) is 11.1 Å². The molecule has 1 aromatic carbocycles. The van der Waals surface area contributed by atoms with Crippen LogP contribution >= 0.6 is 11.3 Å². The Morgan fingerprint density at radius 1 is 1.21 bits per heavy atom. The number of anilines is 1. The second kappa shape index (κ2) is 6.90. The number of carbonyl (C=O) groups is 1. The Morgan fingerprint density at radius 3 is 2.33 bits per heavy atom. The number of hydrogen-bond donors (Lipinski definition) is 2. The molecule has 24 heavy (non-hydrogen) atoms. The van der Waals surface area contributed by atoms with Gasteiger partial charge in [0.25, 0.3) is 5.91 Å². The number of rotatable bonds is 3. The van der Waals surface area contributed by atoms with Gasteiger partial charge < -0.3 is 10.4 Å². The molecular weight excluding hydrogens is 320 g/mol. The van der Waals surface area contributed by atoms with Crippen LogP contribution in [0.4, 0.5) is 5.00 Å². The van der Waals surface area contributed by atoms with Gasteiger partial charge in [0, 0.05) is 5.38 Å². The lowest BCUT2D eigenvalue weighted by molar-refractivity contribution is -0.112. The lowest BCUT2D eigenvalue weighted by Crippen LogP contribution is -2.13. The van der Waals surface area contributed by atoms with Gasteiger partial charge in [-0.25, -0.2) is 0 Å². The summed E-state index contributed by atoms with van der Waals surface area (Å²) in [7, 11) is 0. The molecule has 0 atom stereocenters. The van der Waals surface area contributed by atoms with Crippen molar-refractivity contribution in [1.29, 1.82) is 5.26 Å².